The lowest BCUT2D eigenvalue weighted by molar-refractivity contribution is -0.141. The van der Waals surface area contributed by atoms with Crippen LogP contribution in [0.25, 0.3) is 0 Å². The van der Waals surface area contributed by atoms with E-state index in [-0.39, 0.29) is 17.8 Å². The molecule has 2 aliphatic rings. The predicted octanol–water partition coefficient (Wildman–Crippen LogP) is 4.84. The van der Waals surface area contributed by atoms with Crippen molar-refractivity contribution in [1.82, 2.24) is 0 Å². The number of ketones is 1. The zero-order chi connectivity index (χ0) is 20.6. The maximum absolute atomic E-state index is 13.1. The Labute approximate surface area is 170 Å². The van der Waals surface area contributed by atoms with Crippen molar-refractivity contribution in [2.24, 2.45) is 16.3 Å². The van der Waals surface area contributed by atoms with Gasteiger partial charge in [0.2, 0.25) is 0 Å². The van der Waals surface area contributed by atoms with E-state index in [0.717, 1.165) is 17.7 Å². The number of carbonyl (C=O) groups excluding carboxylic acids is 2. The third-order valence-corrected chi connectivity index (χ3v) is 5.65. The van der Waals surface area contributed by atoms with Gasteiger partial charge in [-0.15, -0.1) is 0 Å². The Bertz CT molecular complexity index is 983. The van der Waals surface area contributed by atoms with Gasteiger partial charge in [0.05, 0.1) is 23.7 Å². The third-order valence-electron chi connectivity index (χ3n) is 5.65. The summed E-state index contributed by atoms with van der Waals surface area (Å²) < 4.78 is 11.3. The van der Waals surface area contributed by atoms with Crippen LogP contribution in [0.2, 0.25) is 0 Å². The van der Waals surface area contributed by atoms with Gasteiger partial charge >= 0.3 is 5.97 Å². The largest absolute Gasteiger partial charge is 0.469 e. The van der Waals surface area contributed by atoms with Crippen molar-refractivity contribution in [3.8, 4) is 0 Å². The lowest BCUT2D eigenvalue weighted by Crippen LogP contribution is -2.44. The average molecular weight is 391 g/mol. The number of benzene rings is 1. The van der Waals surface area contributed by atoms with Crippen LogP contribution in [0, 0.1) is 11.3 Å². The van der Waals surface area contributed by atoms with Crippen molar-refractivity contribution in [3.05, 3.63) is 71.3 Å². The van der Waals surface area contributed by atoms with Crippen molar-refractivity contribution < 1.29 is 18.7 Å². The molecule has 1 saturated carbocycles. The molecular weight excluding hydrogens is 366 g/mol. The zero-order valence-corrected chi connectivity index (χ0v) is 17.0. The SMILES string of the molecule is CC1=C(C(=O)OCc2ccccc2)C(c2ccco2)C2C(=O)CC(C)(C)CC2=N1. The standard InChI is InChI=1S/C24H25NO4/c1-15-20(23(27)29-14-16-8-5-4-6-9-16)22(19-10-7-11-28-19)21-17(25-15)12-24(2,3)13-18(21)26/h4-11,21-22H,12-14H2,1-3H3. The molecule has 0 amide bonds. The third kappa shape index (κ3) is 3.82. The number of allylic oxidation sites excluding steroid dienone is 1. The van der Waals surface area contributed by atoms with Gasteiger partial charge in [-0.1, -0.05) is 44.2 Å². The van der Waals surface area contributed by atoms with Gasteiger partial charge in [-0.25, -0.2) is 4.79 Å². The molecule has 1 fully saturated rings. The first-order chi connectivity index (χ1) is 13.9. The molecule has 0 spiro atoms. The Balaban J connectivity index is 1.70. The second-order valence-corrected chi connectivity index (χ2v) is 8.62. The molecule has 0 bridgehead atoms. The van der Waals surface area contributed by atoms with Crippen LogP contribution in [-0.4, -0.2) is 17.5 Å². The molecule has 0 saturated heterocycles. The highest BCUT2D eigenvalue weighted by molar-refractivity contribution is 6.12. The number of carbonyl (C=O) groups is 2. The normalized spacial score (nSPS) is 23.4. The van der Waals surface area contributed by atoms with E-state index < -0.39 is 17.8 Å². The van der Waals surface area contributed by atoms with Crippen molar-refractivity contribution in [1.29, 1.82) is 0 Å². The number of fused-ring (bicyclic) bond motifs is 1. The first-order valence-electron chi connectivity index (χ1n) is 9.91. The quantitative estimate of drug-likeness (QED) is 0.699. The summed E-state index contributed by atoms with van der Waals surface area (Å²) in [4.78, 5) is 30.9. The summed E-state index contributed by atoms with van der Waals surface area (Å²) in [7, 11) is 0. The zero-order valence-electron chi connectivity index (χ0n) is 17.0. The molecule has 1 aromatic carbocycles. The molecule has 150 valence electrons. The van der Waals surface area contributed by atoms with Gasteiger partial charge < -0.3 is 9.15 Å². The number of ether oxygens (including phenoxy) is 1. The molecule has 0 N–H and O–H groups in total. The molecular formula is C24H25NO4. The number of nitrogens with zero attached hydrogens (tertiary/aromatic N) is 1. The molecule has 2 aromatic rings. The summed E-state index contributed by atoms with van der Waals surface area (Å²) in [6.07, 6.45) is 2.75. The predicted molar refractivity (Wildman–Crippen MR) is 109 cm³/mol. The Morgan fingerprint density at radius 3 is 2.59 bits per heavy atom. The Hall–Kier alpha value is -2.95. The second-order valence-electron chi connectivity index (χ2n) is 8.62. The molecule has 1 aliphatic carbocycles. The minimum atomic E-state index is -0.496. The fraction of sp³-hybridized carbons (Fsp3) is 0.375. The van der Waals surface area contributed by atoms with Gasteiger partial charge in [0, 0.05) is 17.8 Å². The van der Waals surface area contributed by atoms with Gasteiger partial charge in [-0.2, -0.15) is 0 Å². The van der Waals surface area contributed by atoms with Crippen molar-refractivity contribution in [3.63, 3.8) is 0 Å². The number of rotatable bonds is 4. The maximum atomic E-state index is 13.1. The van der Waals surface area contributed by atoms with E-state index in [1.54, 1.807) is 12.3 Å². The van der Waals surface area contributed by atoms with Crippen molar-refractivity contribution in [2.45, 2.75) is 46.1 Å². The van der Waals surface area contributed by atoms with Gasteiger partial charge in [0.25, 0.3) is 0 Å². The summed E-state index contributed by atoms with van der Waals surface area (Å²) in [6.45, 7) is 6.14. The van der Waals surface area contributed by atoms with Gasteiger partial charge in [0.1, 0.15) is 18.2 Å². The van der Waals surface area contributed by atoms with Crippen LogP contribution < -0.4 is 0 Å². The van der Waals surface area contributed by atoms with E-state index in [2.05, 4.69) is 13.8 Å². The summed E-state index contributed by atoms with van der Waals surface area (Å²) >= 11 is 0. The van der Waals surface area contributed by atoms with E-state index >= 15 is 0 Å². The van der Waals surface area contributed by atoms with Crippen molar-refractivity contribution in [2.75, 3.05) is 0 Å². The van der Waals surface area contributed by atoms with Crippen LogP contribution in [0.1, 0.15) is 50.9 Å². The van der Waals surface area contributed by atoms with Gasteiger partial charge in [0.15, 0.2) is 0 Å². The van der Waals surface area contributed by atoms with Crippen LogP contribution in [0.15, 0.2) is 69.4 Å². The highest BCUT2D eigenvalue weighted by Gasteiger charge is 2.48. The summed E-state index contributed by atoms with van der Waals surface area (Å²) in [5.41, 5.74) is 2.62. The highest BCUT2D eigenvalue weighted by atomic mass is 16.5. The lowest BCUT2D eigenvalue weighted by Gasteiger charge is -2.40. The number of aliphatic imine (C=N–C) groups is 1. The van der Waals surface area contributed by atoms with Gasteiger partial charge in [-0.3, -0.25) is 9.79 Å². The van der Waals surface area contributed by atoms with Crippen LogP contribution in [0.5, 0.6) is 0 Å². The smallest absolute Gasteiger partial charge is 0.336 e. The molecule has 5 nitrogen and oxygen atoms in total. The highest BCUT2D eigenvalue weighted by Crippen LogP contribution is 2.47. The Morgan fingerprint density at radius 1 is 1.14 bits per heavy atom. The molecule has 5 heteroatoms. The number of esters is 1. The van der Waals surface area contributed by atoms with E-state index in [4.69, 9.17) is 14.1 Å². The molecule has 1 aromatic heterocycles. The monoisotopic (exact) mass is 391 g/mol. The Kier molecular flexibility index (Phi) is 4.99. The van der Waals surface area contributed by atoms with Crippen LogP contribution >= 0.6 is 0 Å². The van der Waals surface area contributed by atoms with Crippen molar-refractivity contribution >= 4 is 17.5 Å². The molecule has 4 rings (SSSR count). The number of hydrogen-bond donors (Lipinski definition) is 0. The maximum Gasteiger partial charge on any atom is 0.336 e. The topological polar surface area (TPSA) is 68.9 Å². The fourth-order valence-electron chi connectivity index (χ4n) is 4.44. The molecule has 29 heavy (non-hydrogen) atoms. The Morgan fingerprint density at radius 2 is 1.90 bits per heavy atom. The number of furan rings is 1. The summed E-state index contributed by atoms with van der Waals surface area (Å²) in [6, 6.07) is 13.1. The molecule has 2 atom stereocenters. The van der Waals surface area contributed by atoms with E-state index in [1.165, 1.54) is 0 Å². The molecule has 1 aliphatic heterocycles. The van der Waals surface area contributed by atoms with E-state index in [9.17, 15) is 9.59 Å². The average Bonchev–Trinajstić information content (AvgIpc) is 3.19. The van der Waals surface area contributed by atoms with Crippen LogP contribution in [-0.2, 0) is 20.9 Å². The summed E-state index contributed by atoms with van der Waals surface area (Å²) in [5, 5.41) is 0. The molecule has 2 heterocycles. The summed E-state index contributed by atoms with van der Waals surface area (Å²) in [5.74, 6) is -0.724. The van der Waals surface area contributed by atoms with E-state index in [0.29, 0.717) is 23.5 Å². The first kappa shape index (κ1) is 19.4. The van der Waals surface area contributed by atoms with Crippen LogP contribution in [0.3, 0.4) is 0 Å². The second kappa shape index (κ2) is 7.47. The lowest BCUT2D eigenvalue weighted by atomic mass is 9.64. The van der Waals surface area contributed by atoms with Gasteiger partial charge in [-0.05, 0) is 36.5 Å². The minimum absolute atomic E-state index is 0.0993. The fourth-order valence-corrected chi connectivity index (χ4v) is 4.44. The number of Topliss-reactive ketones (excluding diaryl/α,β-unsaturated/α-hetero) is 1. The number of hydrogen-bond acceptors (Lipinski definition) is 5. The molecule has 0 radical (unpaired) electrons. The minimum Gasteiger partial charge on any atom is -0.469 e. The first-order valence-corrected chi connectivity index (χ1v) is 9.91. The van der Waals surface area contributed by atoms with Crippen LogP contribution in [0.4, 0.5) is 0 Å². The molecule has 2 unspecified atom stereocenters. The van der Waals surface area contributed by atoms with E-state index in [1.807, 2.05) is 43.3 Å².